The second-order valence-corrected chi connectivity index (χ2v) is 5.28. The molecule has 0 heterocycles. The van der Waals surface area contributed by atoms with E-state index >= 15 is 0 Å². The Labute approximate surface area is 126 Å². The molecule has 3 nitrogen and oxygen atoms in total. The van der Waals surface area contributed by atoms with E-state index < -0.39 is 6.10 Å². The van der Waals surface area contributed by atoms with Gasteiger partial charge in [-0.15, -0.1) is 0 Å². The molecule has 2 unspecified atom stereocenters. The molecule has 0 bridgehead atoms. The summed E-state index contributed by atoms with van der Waals surface area (Å²) in [5.41, 5.74) is 3.41. The van der Waals surface area contributed by atoms with E-state index in [1.54, 1.807) is 7.11 Å². The molecule has 0 amide bonds. The van der Waals surface area contributed by atoms with E-state index in [1.165, 1.54) is 11.1 Å². The smallest absolute Gasteiger partial charge is 0.118 e. The standard InChI is InChI=1S/C18H23NO2/c1-13-6-4-5-7-17(13)14(2)19-12-18(20)15-8-10-16(21-3)11-9-15/h4-11,14,18-20H,12H2,1-3H3. The Bertz CT molecular complexity index is 566. The third kappa shape index (κ3) is 4.06. The van der Waals surface area contributed by atoms with Crippen LogP contribution in [0.25, 0.3) is 0 Å². The van der Waals surface area contributed by atoms with Crippen molar-refractivity contribution in [1.82, 2.24) is 5.32 Å². The number of nitrogens with one attached hydrogen (secondary N) is 1. The maximum Gasteiger partial charge on any atom is 0.118 e. The predicted octanol–water partition coefficient (Wildman–Crippen LogP) is 3.39. The van der Waals surface area contributed by atoms with E-state index in [2.05, 4.69) is 31.3 Å². The highest BCUT2D eigenvalue weighted by Gasteiger charge is 2.11. The van der Waals surface area contributed by atoms with E-state index in [9.17, 15) is 5.11 Å². The molecule has 2 N–H and O–H groups in total. The Kier molecular flexibility index (Phi) is 5.37. The second-order valence-electron chi connectivity index (χ2n) is 5.28. The normalized spacial score (nSPS) is 13.7. The molecule has 0 aliphatic rings. The summed E-state index contributed by atoms with van der Waals surface area (Å²) in [5.74, 6) is 0.798. The van der Waals surface area contributed by atoms with Crippen molar-refractivity contribution in [3.05, 3.63) is 65.2 Å². The summed E-state index contributed by atoms with van der Waals surface area (Å²) in [7, 11) is 1.64. The Balaban J connectivity index is 1.94. The van der Waals surface area contributed by atoms with Gasteiger partial charge in [-0.05, 0) is 42.7 Å². The van der Waals surface area contributed by atoms with Crippen LogP contribution in [0.2, 0.25) is 0 Å². The Hall–Kier alpha value is -1.84. The first-order valence-electron chi connectivity index (χ1n) is 7.22. The minimum absolute atomic E-state index is 0.207. The topological polar surface area (TPSA) is 41.5 Å². The predicted molar refractivity (Wildman–Crippen MR) is 85.6 cm³/mol. The van der Waals surface area contributed by atoms with Crippen molar-refractivity contribution in [2.24, 2.45) is 0 Å². The van der Waals surface area contributed by atoms with Gasteiger partial charge in [0.25, 0.3) is 0 Å². The van der Waals surface area contributed by atoms with Crippen molar-refractivity contribution in [2.75, 3.05) is 13.7 Å². The zero-order valence-corrected chi connectivity index (χ0v) is 12.8. The van der Waals surface area contributed by atoms with Crippen LogP contribution in [-0.2, 0) is 0 Å². The first kappa shape index (κ1) is 15.5. The molecule has 21 heavy (non-hydrogen) atoms. The van der Waals surface area contributed by atoms with Gasteiger partial charge < -0.3 is 15.2 Å². The van der Waals surface area contributed by atoms with Crippen molar-refractivity contribution in [3.63, 3.8) is 0 Å². The van der Waals surface area contributed by atoms with E-state index in [4.69, 9.17) is 4.74 Å². The number of ether oxygens (including phenoxy) is 1. The van der Waals surface area contributed by atoms with Gasteiger partial charge in [0, 0.05) is 12.6 Å². The molecule has 2 aromatic carbocycles. The summed E-state index contributed by atoms with van der Waals surface area (Å²) in [6, 6.07) is 16.0. The number of aryl methyl sites for hydroxylation is 1. The highest BCUT2D eigenvalue weighted by atomic mass is 16.5. The number of rotatable bonds is 6. The van der Waals surface area contributed by atoms with E-state index in [-0.39, 0.29) is 6.04 Å². The highest BCUT2D eigenvalue weighted by Crippen LogP contribution is 2.20. The third-order valence-electron chi connectivity index (χ3n) is 3.77. The number of aliphatic hydroxyl groups is 1. The molecular weight excluding hydrogens is 262 g/mol. The van der Waals surface area contributed by atoms with Crippen molar-refractivity contribution in [3.8, 4) is 5.75 Å². The van der Waals surface area contributed by atoms with Gasteiger partial charge in [-0.2, -0.15) is 0 Å². The van der Waals surface area contributed by atoms with Crippen LogP contribution in [-0.4, -0.2) is 18.8 Å². The van der Waals surface area contributed by atoms with Crippen LogP contribution < -0.4 is 10.1 Å². The van der Waals surface area contributed by atoms with Crippen LogP contribution in [0.4, 0.5) is 0 Å². The molecule has 0 spiro atoms. The van der Waals surface area contributed by atoms with E-state index in [0.29, 0.717) is 6.54 Å². The summed E-state index contributed by atoms with van der Waals surface area (Å²) in [5, 5.41) is 13.6. The molecule has 0 aromatic heterocycles. The molecule has 0 radical (unpaired) electrons. The lowest BCUT2D eigenvalue weighted by Crippen LogP contribution is -2.25. The number of benzene rings is 2. The number of hydrogen-bond acceptors (Lipinski definition) is 3. The second kappa shape index (κ2) is 7.25. The van der Waals surface area contributed by atoms with Crippen LogP contribution in [0.3, 0.4) is 0 Å². The maximum absolute atomic E-state index is 10.2. The lowest BCUT2D eigenvalue weighted by molar-refractivity contribution is 0.170. The van der Waals surface area contributed by atoms with E-state index in [1.807, 2.05) is 36.4 Å². The molecule has 2 rings (SSSR count). The Morgan fingerprint density at radius 1 is 1.10 bits per heavy atom. The minimum atomic E-state index is -0.526. The van der Waals surface area contributed by atoms with Crippen LogP contribution in [0, 0.1) is 6.92 Å². The third-order valence-corrected chi connectivity index (χ3v) is 3.77. The van der Waals surface area contributed by atoms with Crippen LogP contribution in [0.1, 0.15) is 35.8 Å². The molecule has 0 saturated carbocycles. The van der Waals surface area contributed by atoms with Gasteiger partial charge in [0.1, 0.15) is 5.75 Å². The molecule has 0 fully saturated rings. The summed E-state index contributed by atoms with van der Waals surface area (Å²) in [6.07, 6.45) is -0.526. The zero-order valence-electron chi connectivity index (χ0n) is 12.8. The van der Waals surface area contributed by atoms with Crippen molar-refractivity contribution in [2.45, 2.75) is 26.0 Å². The first-order valence-corrected chi connectivity index (χ1v) is 7.22. The average Bonchev–Trinajstić information content (AvgIpc) is 2.52. The number of methoxy groups -OCH3 is 1. The Morgan fingerprint density at radius 3 is 2.38 bits per heavy atom. The maximum atomic E-state index is 10.2. The lowest BCUT2D eigenvalue weighted by atomic mass is 10.0. The molecule has 3 heteroatoms. The summed E-state index contributed by atoms with van der Waals surface area (Å²) < 4.78 is 5.12. The van der Waals surface area contributed by atoms with Gasteiger partial charge in [-0.25, -0.2) is 0 Å². The van der Waals surface area contributed by atoms with Gasteiger partial charge in [-0.1, -0.05) is 36.4 Å². The van der Waals surface area contributed by atoms with Crippen LogP contribution in [0.15, 0.2) is 48.5 Å². The van der Waals surface area contributed by atoms with Crippen molar-refractivity contribution < 1.29 is 9.84 Å². The Morgan fingerprint density at radius 2 is 1.76 bits per heavy atom. The molecular formula is C18H23NO2. The zero-order chi connectivity index (χ0) is 15.2. The largest absolute Gasteiger partial charge is 0.497 e. The van der Waals surface area contributed by atoms with Gasteiger partial charge in [-0.3, -0.25) is 0 Å². The molecule has 0 saturated heterocycles. The number of aliphatic hydroxyl groups excluding tert-OH is 1. The fourth-order valence-corrected chi connectivity index (χ4v) is 2.41. The average molecular weight is 285 g/mol. The van der Waals surface area contributed by atoms with Crippen molar-refractivity contribution >= 4 is 0 Å². The quantitative estimate of drug-likeness (QED) is 0.855. The fourth-order valence-electron chi connectivity index (χ4n) is 2.41. The SMILES string of the molecule is COc1ccc(C(O)CNC(C)c2ccccc2C)cc1. The monoisotopic (exact) mass is 285 g/mol. The summed E-state index contributed by atoms with van der Waals surface area (Å²) in [6.45, 7) is 4.73. The van der Waals surface area contributed by atoms with Crippen LogP contribution >= 0.6 is 0 Å². The fraction of sp³-hybridized carbons (Fsp3) is 0.333. The van der Waals surface area contributed by atoms with E-state index in [0.717, 1.165) is 11.3 Å². The molecule has 0 aliphatic heterocycles. The van der Waals surface area contributed by atoms with Crippen molar-refractivity contribution in [1.29, 1.82) is 0 Å². The van der Waals surface area contributed by atoms with Gasteiger partial charge in [0.05, 0.1) is 13.2 Å². The minimum Gasteiger partial charge on any atom is -0.497 e. The summed E-state index contributed by atoms with van der Waals surface area (Å²) in [4.78, 5) is 0. The highest BCUT2D eigenvalue weighted by molar-refractivity contribution is 5.29. The molecule has 0 aliphatic carbocycles. The van der Waals surface area contributed by atoms with Gasteiger partial charge in [0.2, 0.25) is 0 Å². The van der Waals surface area contributed by atoms with Gasteiger partial charge in [0.15, 0.2) is 0 Å². The number of hydrogen-bond donors (Lipinski definition) is 2. The van der Waals surface area contributed by atoms with Crippen LogP contribution in [0.5, 0.6) is 5.75 Å². The lowest BCUT2D eigenvalue weighted by Gasteiger charge is -2.19. The van der Waals surface area contributed by atoms with Gasteiger partial charge >= 0.3 is 0 Å². The molecule has 2 aromatic rings. The first-order chi connectivity index (χ1) is 10.1. The molecule has 112 valence electrons. The summed E-state index contributed by atoms with van der Waals surface area (Å²) >= 11 is 0. The molecule has 2 atom stereocenters.